The lowest BCUT2D eigenvalue weighted by molar-refractivity contribution is -0.118. The van der Waals surface area contributed by atoms with Gasteiger partial charge >= 0.3 is 0 Å². The summed E-state index contributed by atoms with van der Waals surface area (Å²) >= 11 is 0. The number of aryl methyl sites for hydroxylation is 3. The van der Waals surface area contributed by atoms with Crippen LogP contribution in [0.3, 0.4) is 0 Å². The van der Waals surface area contributed by atoms with Crippen molar-refractivity contribution in [3.05, 3.63) is 94.1 Å². The summed E-state index contributed by atoms with van der Waals surface area (Å²) in [5, 5.41) is 15.2. The second-order valence-corrected chi connectivity index (χ2v) is 8.05. The number of carbonyl (C=O) groups is 2. The molecule has 0 aromatic heterocycles. The molecule has 0 saturated heterocycles. The first-order valence-electron chi connectivity index (χ1n) is 10.9. The number of nitriles is 1. The highest BCUT2D eigenvalue weighted by Gasteiger charge is 2.13. The highest BCUT2D eigenvalue weighted by Crippen LogP contribution is 2.23. The van der Waals surface area contributed by atoms with E-state index in [2.05, 4.69) is 10.6 Å². The number of hydrogen-bond donors (Lipinski definition) is 2. The summed E-state index contributed by atoms with van der Waals surface area (Å²) in [6, 6.07) is 20.2. The number of carbonyl (C=O) groups excluding carboxylic acids is 2. The number of anilines is 2. The average Bonchev–Trinajstić information content (AvgIpc) is 2.82. The molecule has 3 aromatic rings. The van der Waals surface area contributed by atoms with Crippen LogP contribution in [-0.4, -0.2) is 18.4 Å². The maximum atomic E-state index is 12.7. The molecule has 3 rings (SSSR count). The lowest BCUT2D eigenvalue weighted by atomic mass is 10.1. The van der Waals surface area contributed by atoms with Crippen LogP contribution in [0, 0.1) is 39.0 Å². The SMILES string of the molecule is Cc1ccc(NC(=O)COc2ccccc2/C=C(/C#N)C(=O)Nc2cccc(C)c2C)cc1C. The number of nitrogens with one attached hydrogen (secondary N) is 2. The predicted octanol–water partition coefficient (Wildman–Crippen LogP) is 5.48. The predicted molar refractivity (Wildman–Crippen MR) is 135 cm³/mol. The highest BCUT2D eigenvalue weighted by atomic mass is 16.5. The second kappa shape index (κ2) is 11.0. The first-order valence-corrected chi connectivity index (χ1v) is 10.9. The lowest BCUT2D eigenvalue weighted by Gasteiger charge is -2.12. The summed E-state index contributed by atoms with van der Waals surface area (Å²) in [4.78, 5) is 25.1. The monoisotopic (exact) mass is 453 g/mol. The van der Waals surface area contributed by atoms with E-state index in [4.69, 9.17) is 4.74 Å². The van der Waals surface area contributed by atoms with E-state index in [9.17, 15) is 14.9 Å². The van der Waals surface area contributed by atoms with Gasteiger partial charge in [-0.05, 0) is 80.3 Å². The first-order chi connectivity index (χ1) is 16.3. The summed E-state index contributed by atoms with van der Waals surface area (Å²) in [6.07, 6.45) is 1.46. The maximum Gasteiger partial charge on any atom is 0.266 e. The first kappa shape index (κ1) is 24.3. The molecule has 0 bridgehead atoms. The van der Waals surface area contributed by atoms with Crippen LogP contribution in [0.2, 0.25) is 0 Å². The standard InChI is InChI=1S/C28H27N3O3/c1-18-12-13-24(14-20(18)3)30-27(32)17-34-26-11-6-5-9-22(26)15-23(16-29)28(33)31-25-10-7-8-19(2)21(25)4/h5-15H,17H2,1-4H3,(H,30,32)(H,31,33)/b23-15-. The molecule has 2 N–H and O–H groups in total. The van der Waals surface area contributed by atoms with E-state index >= 15 is 0 Å². The third-order valence-electron chi connectivity index (χ3n) is 5.59. The molecule has 3 aromatic carbocycles. The average molecular weight is 454 g/mol. The van der Waals surface area contributed by atoms with Crippen LogP contribution in [0.5, 0.6) is 5.75 Å². The van der Waals surface area contributed by atoms with Crippen molar-refractivity contribution in [1.29, 1.82) is 5.26 Å². The summed E-state index contributed by atoms with van der Waals surface area (Å²) < 4.78 is 5.71. The van der Waals surface area contributed by atoms with Crippen molar-refractivity contribution < 1.29 is 14.3 Å². The number of nitrogens with zero attached hydrogens (tertiary/aromatic N) is 1. The van der Waals surface area contributed by atoms with Crippen molar-refractivity contribution in [2.75, 3.05) is 17.2 Å². The van der Waals surface area contributed by atoms with Gasteiger partial charge in [-0.2, -0.15) is 5.26 Å². The van der Waals surface area contributed by atoms with E-state index in [0.29, 0.717) is 22.7 Å². The molecule has 2 amide bonds. The fourth-order valence-electron chi connectivity index (χ4n) is 3.27. The van der Waals surface area contributed by atoms with Gasteiger partial charge in [0.05, 0.1) is 0 Å². The number of amides is 2. The van der Waals surface area contributed by atoms with Crippen molar-refractivity contribution in [3.63, 3.8) is 0 Å². The van der Waals surface area contributed by atoms with Gasteiger partial charge in [0.2, 0.25) is 0 Å². The summed E-state index contributed by atoms with van der Waals surface area (Å²) in [7, 11) is 0. The summed E-state index contributed by atoms with van der Waals surface area (Å²) in [5.41, 5.74) is 6.00. The summed E-state index contributed by atoms with van der Waals surface area (Å²) in [6.45, 7) is 7.64. The van der Waals surface area contributed by atoms with E-state index in [1.54, 1.807) is 30.3 Å². The van der Waals surface area contributed by atoms with Gasteiger partial charge in [0.1, 0.15) is 17.4 Å². The molecular formula is C28H27N3O3. The molecule has 0 unspecified atom stereocenters. The van der Waals surface area contributed by atoms with E-state index in [-0.39, 0.29) is 18.1 Å². The van der Waals surface area contributed by atoms with Gasteiger partial charge in [0.25, 0.3) is 11.8 Å². The van der Waals surface area contributed by atoms with Crippen LogP contribution >= 0.6 is 0 Å². The van der Waals surface area contributed by atoms with E-state index in [1.807, 2.05) is 64.1 Å². The molecule has 6 nitrogen and oxygen atoms in total. The van der Waals surface area contributed by atoms with Gasteiger partial charge in [-0.1, -0.05) is 36.4 Å². The van der Waals surface area contributed by atoms with E-state index in [1.165, 1.54) is 6.08 Å². The van der Waals surface area contributed by atoms with Crippen molar-refractivity contribution in [2.45, 2.75) is 27.7 Å². The Bertz CT molecular complexity index is 1300. The molecule has 0 aliphatic heterocycles. The van der Waals surface area contributed by atoms with Crippen LogP contribution in [-0.2, 0) is 9.59 Å². The zero-order chi connectivity index (χ0) is 24.7. The Morgan fingerprint density at radius 1 is 0.912 bits per heavy atom. The van der Waals surface area contributed by atoms with Crippen molar-refractivity contribution in [1.82, 2.24) is 0 Å². The Morgan fingerprint density at radius 3 is 2.41 bits per heavy atom. The Balaban J connectivity index is 1.72. The zero-order valence-electron chi connectivity index (χ0n) is 19.7. The van der Waals surface area contributed by atoms with Crippen LogP contribution in [0.1, 0.15) is 27.8 Å². The minimum atomic E-state index is -0.515. The molecule has 6 heteroatoms. The minimum absolute atomic E-state index is 0.0726. The molecule has 0 spiro atoms. The number of ether oxygens (including phenoxy) is 1. The van der Waals surface area contributed by atoms with Crippen LogP contribution in [0.25, 0.3) is 6.08 Å². The van der Waals surface area contributed by atoms with E-state index < -0.39 is 5.91 Å². The molecular weight excluding hydrogens is 426 g/mol. The van der Waals surface area contributed by atoms with Crippen molar-refractivity contribution >= 4 is 29.3 Å². The third-order valence-corrected chi connectivity index (χ3v) is 5.59. The quantitative estimate of drug-likeness (QED) is 0.366. The smallest absolute Gasteiger partial charge is 0.266 e. The molecule has 0 heterocycles. The highest BCUT2D eigenvalue weighted by molar-refractivity contribution is 6.10. The molecule has 0 aliphatic carbocycles. The maximum absolute atomic E-state index is 12.7. The summed E-state index contributed by atoms with van der Waals surface area (Å²) in [5.74, 6) is -0.432. The zero-order valence-corrected chi connectivity index (χ0v) is 19.7. The Labute approximate surface area is 199 Å². The second-order valence-electron chi connectivity index (χ2n) is 8.05. The molecule has 0 saturated carbocycles. The molecule has 34 heavy (non-hydrogen) atoms. The number of benzene rings is 3. The number of rotatable bonds is 7. The number of para-hydroxylation sites is 1. The fourth-order valence-corrected chi connectivity index (χ4v) is 3.27. The fraction of sp³-hybridized carbons (Fsp3) is 0.179. The van der Waals surface area contributed by atoms with Crippen molar-refractivity contribution in [3.8, 4) is 11.8 Å². The third kappa shape index (κ3) is 6.11. The minimum Gasteiger partial charge on any atom is -0.483 e. The van der Waals surface area contributed by atoms with Crippen LogP contribution in [0.4, 0.5) is 11.4 Å². The van der Waals surface area contributed by atoms with Crippen LogP contribution in [0.15, 0.2) is 66.2 Å². The Morgan fingerprint density at radius 2 is 1.68 bits per heavy atom. The van der Waals surface area contributed by atoms with Gasteiger partial charge in [0, 0.05) is 16.9 Å². The topological polar surface area (TPSA) is 91.2 Å². The van der Waals surface area contributed by atoms with Crippen LogP contribution < -0.4 is 15.4 Å². The lowest BCUT2D eigenvalue weighted by Crippen LogP contribution is -2.20. The Hall–Kier alpha value is -4.37. The number of hydrogen-bond acceptors (Lipinski definition) is 4. The molecule has 0 radical (unpaired) electrons. The normalized spacial score (nSPS) is 10.9. The van der Waals surface area contributed by atoms with E-state index in [0.717, 1.165) is 22.3 Å². The Kier molecular flexibility index (Phi) is 7.83. The van der Waals surface area contributed by atoms with Gasteiger partial charge < -0.3 is 15.4 Å². The van der Waals surface area contributed by atoms with Gasteiger partial charge in [-0.3, -0.25) is 9.59 Å². The molecule has 0 aliphatic rings. The largest absolute Gasteiger partial charge is 0.483 e. The van der Waals surface area contributed by atoms with Gasteiger partial charge in [0.15, 0.2) is 6.61 Å². The van der Waals surface area contributed by atoms with Gasteiger partial charge in [-0.25, -0.2) is 0 Å². The molecule has 172 valence electrons. The molecule has 0 atom stereocenters. The van der Waals surface area contributed by atoms with Crippen molar-refractivity contribution in [2.24, 2.45) is 0 Å². The molecule has 0 fully saturated rings. The van der Waals surface area contributed by atoms with Gasteiger partial charge in [-0.15, -0.1) is 0 Å².